The Morgan fingerprint density at radius 2 is 1.81 bits per heavy atom. The molecule has 0 aliphatic carbocycles. The molecule has 0 radical (unpaired) electrons. The number of H-pyrrole nitrogens is 2. The predicted molar refractivity (Wildman–Crippen MR) is 110 cm³/mol. The number of fused-ring (bicyclic) bond motifs is 1. The number of nitrogens with one attached hydrogen (secondary N) is 2. The van der Waals surface area contributed by atoms with Gasteiger partial charge in [0, 0.05) is 23.1 Å². The van der Waals surface area contributed by atoms with E-state index in [0.717, 1.165) is 39.1 Å². The minimum Gasteiger partial charge on any atom is -0.321 e. The molecule has 4 rings (SSSR count). The van der Waals surface area contributed by atoms with Crippen LogP contribution in [0.2, 0.25) is 0 Å². The largest absolute Gasteiger partial charge is 0.321 e. The van der Waals surface area contributed by atoms with E-state index in [2.05, 4.69) is 21.2 Å². The van der Waals surface area contributed by atoms with Gasteiger partial charge in [0.1, 0.15) is 5.82 Å². The second-order valence-corrected chi connectivity index (χ2v) is 7.06. The van der Waals surface area contributed by atoms with E-state index in [1.165, 1.54) is 0 Å². The Labute approximate surface area is 161 Å². The summed E-state index contributed by atoms with van der Waals surface area (Å²) in [6.07, 6.45) is 1.21. The maximum atomic E-state index is 12.7. The Morgan fingerprint density at radius 1 is 1.04 bits per heavy atom. The summed E-state index contributed by atoms with van der Waals surface area (Å²) in [7, 11) is 0. The van der Waals surface area contributed by atoms with Gasteiger partial charge in [-0.1, -0.05) is 36.4 Å². The van der Waals surface area contributed by atoms with E-state index in [9.17, 15) is 4.79 Å². The van der Waals surface area contributed by atoms with Crippen molar-refractivity contribution in [2.75, 3.05) is 0 Å². The van der Waals surface area contributed by atoms with Crippen molar-refractivity contribution in [1.82, 2.24) is 19.7 Å². The molecule has 0 saturated heterocycles. The Bertz CT molecular complexity index is 1230. The van der Waals surface area contributed by atoms with Gasteiger partial charge < -0.3 is 4.98 Å². The summed E-state index contributed by atoms with van der Waals surface area (Å²) in [5.41, 5.74) is 4.74. The molecule has 27 heavy (non-hydrogen) atoms. The number of aromatic nitrogens is 4. The van der Waals surface area contributed by atoms with Crippen LogP contribution >= 0.6 is 12.2 Å². The van der Waals surface area contributed by atoms with Crippen LogP contribution in [0.1, 0.15) is 22.5 Å². The Kier molecular flexibility index (Phi) is 4.49. The summed E-state index contributed by atoms with van der Waals surface area (Å²) >= 11 is 5.39. The van der Waals surface area contributed by atoms with Crippen LogP contribution in [0.15, 0.2) is 53.3 Å². The lowest BCUT2D eigenvalue weighted by atomic mass is 9.99. The third kappa shape index (κ3) is 3.13. The zero-order chi connectivity index (χ0) is 19.0. The summed E-state index contributed by atoms with van der Waals surface area (Å²) in [6, 6.07) is 16.0. The first-order valence-electron chi connectivity index (χ1n) is 8.89. The van der Waals surface area contributed by atoms with Gasteiger partial charge >= 0.3 is 0 Å². The highest BCUT2D eigenvalue weighted by Crippen LogP contribution is 2.21. The monoisotopic (exact) mass is 376 g/mol. The molecule has 0 amide bonds. The quantitative estimate of drug-likeness (QED) is 0.525. The van der Waals surface area contributed by atoms with E-state index in [4.69, 9.17) is 12.2 Å². The van der Waals surface area contributed by atoms with Crippen molar-refractivity contribution in [2.24, 2.45) is 0 Å². The molecule has 0 bridgehead atoms. The average Bonchev–Trinajstić information content (AvgIpc) is 3.04. The molecule has 4 aromatic rings. The Balaban J connectivity index is 1.72. The zero-order valence-electron chi connectivity index (χ0n) is 15.2. The van der Waals surface area contributed by atoms with Gasteiger partial charge in [0.2, 0.25) is 0 Å². The van der Waals surface area contributed by atoms with Gasteiger partial charge in [-0.25, -0.2) is 0 Å². The van der Waals surface area contributed by atoms with Gasteiger partial charge in [0.15, 0.2) is 4.77 Å². The van der Waals surface area contributed by atoms with E-state index in [1.807, 2.05) is 60.9 Å². The molecule has 0 fully saturated rings. The summed E-state index contributed by atoms with van der Waals surface area (Å²) in [5, 5.41) is 8.33. The Morgan fingerprint density at radius 3 is 2.59 bits per heavy atom. The number of aryl methyl sites for hydroxylation is 3. The van der Waals surface area contributed by atoms with Crippen LogP contribution in [-0.2, 0) is 12.8 Å². The van der Waals surface area contributed by atoms with E-state index >= 15 is 0 Å². The molecule has 2 aromatic heterocycles. The maximum absolute atomic E-state index is 12.7. The highest BCUT2D eigenvalue weighted by molar-refractivity contribution is 7.71. The van der Waals surface area contributed by atoms with Crippen molar-refractivity contribution in [3.8, 4) is 5.69 Å². The molecular weight excluding hydrogens is 356 g/mol. The number of benzene rings is 2. The Hall–Kier alpha value is -2.99. The van der Waals surface area contributed by atoms with Crippen molar-refractivity contribution in [2.45, 2.75) is 26.7 Å². The van der Waals surface area contributed by atoms with Crippen LogP contribution in [0.3, 0.4) is 0 Å². The molecular formula is C21H20N4OS. The van der Waals surface area contributed by atoms with Crippen LogP contribution in [-0.4, -0.2) is 19.7 Å². The molecule has 5 nitrogen and oxygen atoms in total. The van der Waals surface area contributed by atoms with Crippen molar-refractivity contribution < 1.29 is 0 Å². The lowest BCUT2D eigenvalue weighted by Crippen LogP contribution is -2.17. The summed E-state index contributed by atoms with van der Waals surface area (Å²) < 4.78 is 2.47. The van der Waals surface area contributed by atoms with E-state index in [-0.39, 0.29) is 5.56 Å². The molecule has 2 N–H and O–H groups in total. The van der Waals surface area contributed by atoms with Crippen LogP contribution in [0.5, 0.6) is 0 Å². The normalized spacial score (nSPS) is 11.2. The number of pyridine rings is 1. The number of para-hydroxylation sites is 2. The molecule has 136 valence electrons. The SMILES string of the molecule is Cc1c(CCc2n[nH]c(=S)n2-c2ccccc2)c(=O)[nH]c2c(C)cccc12. The summed E-state index contributed by atoms with van der Waals surface area (Å²) in [4.78, 5) is 15.7. The summed E-state index contributed by atoms with van der Waals surface area (Å²) in [5.74, 6) is 0.814. The zero-order valence-corrected chi connectivity index (χ0v) is 16.1. The van der Waals surface area contributed by atoms with E-state index in [1.54, 1.807) is 0 Å². The third-order valence-corrected chi connectivity index (χ3v) is 5.27. The second-order valence-electron chi connectivity index (χ2n) is 6.67. The predicted octanol–water partition coefficient (Wildman–Crippen LogP) is 4.17. The van der Waals surface area contributed by atoms with Crippen LogP contribution in [0.25, 0.3) is 16.6 Å². The molecule has 0 saturated carbocycles. The third-order valence-electron chi connectivity index (χ3n) is 5.00. The smallest absolute Gasteiger partial charge is 0.251 e. The summed E-state index contributed by atoms with van der Waals surface area (Å²) in [6.45, 7) is 4.02. The fourth-order valence-corrected chi connectivity index (χ4v) is 3.80. The number of rotatable bonds is 4. The molecule has 0 aliphatic rings. The van der Waals surface area contributed by atoms with E-state index < -0.39 is 0 Å². The topological polar surface area (TPSA) is 66.5 Å². The fourth-order valence-electron chi connectivity index (χ4n) is 3.55. The van der Waals surface area contributed by atoms with Crippen molar-refractivity contribution in [3.63, 3.8) is 0 Å². The fraction of sp³-hybridized carbons (Fsp3) is 0.190. The van der Waals surface area contributed by atoms with Crippen LogP contribution in [0.4, 0.5) is 0 Å². The van der Waals surface area contributed by atoms with Gasteiger partial charge in [0.25, 0.3) is 5.56 Å². The highest BCUT2D eigenvalue weighted by Gasteiger charge is 2.13. The van der Waals surface area contributed by atoms with Gasteiger partial charge in [0.05, 0.1) is 5.52 Å². The minimum absolute atomic E-state index is 0.0327. The molecule has 0 atom stereocenters. The maximum Gasteiger partial charge on any atom is 0.251 e. The average molecular weight is 376 g/mol. The number of nitrogens with zero attached hydrogens (tertiary/aromatic N) is 2. The molecule has 6 heteroatoms. The molecule has 0 spiro atoms. The van der Waals surface area contributed by atoms with Gasteiger partial charge in [-0.3, -0.25) is 14.5 Å². The van der Waals surface area contributed by atoms with Gasteiger partial charge in [-0.05, 0) is 55.7 Å². The van der Waals surface area contributed by atoms with Crippen molar-refractivity contribution in [3.05, 3.63) is 86.2 Å². The molecule has 0 unspecified atom stereocenters. The van der Waals surface area contributed by atoms with Crippen molar-refractivity contribution in [1.29, 1.82) is 0 Å². The molecule has 2 heterocycles. The standard InChI is InChI=1S/C21H20N4OS/c1-13-7-6-10-16-14(2)17(20(26)22-19(13)16)11-12-18-23-24-21(27)25(18)15-8-4-3-5-9-15/h3-10H,11-12H2,1-2H3,(H,22,26)(H,24,27). The number of aromatic amines is 2. The lowest BCUT2D eigenvalue weighted by molar-refractivity contribution is 0.810. The second kappa shape index (κ2) is 6.96. The van der Waals surface area contributed by atoms with E-state index in [0.29, 0.717) is 17.6 Å². The number of hydrogen-bond donors (Lipinski definition) is 2. The van der Waals surface area contributed by atoms with Gasteiger partial charge in [-0.15, -0.1) is 0 Å². The lowest BCUT2D eigenvalue weighted by Gasteiger charge is -2.11. The highest BCUT2D eigenvalue weighted by atomic mass is 32.1. The number of hydrogen-bond acceptors (Lipinski definition) is 3. The first-order chi connectivity index (χ1) is 13.1. The first kappa shape index (κ1) is 17.4. The molecule has 2 aromatic carbocycles. The molecule has 0 aliphatic heterocycles. The van der Waals surface area contributed by atoms with Crippen LogP contribution in [0, 0.1) is 18.6 Å². The van der Waals surface area contributed by atoms with Gasteiger partial charge in [-0.2, -0.15) is 5.10 Å². The van der Waals surface area contributed by atoms with Crippen molar-refractivity contribution >= 4 is 23.1 Å². The van der Waals surface area contributed by atoms with Crippen LogP contribution < -0.4 is 5.56 Å². The first-order valence-corrected chi connectivity index (χ1v) is 9.30. The minimum atomic E-state index is -0.0327.